The second-order valence-corrected chi connectivity index (χ2v) is 8.50. The minimum Gasteiger partial charge on any atom is -0.351 e. The number of hydrogen-bond donors (Lipinski definition) is 1. The Kier molecular flexibility index (Phi) is 5.95. The number of benzene rings is 1. The normalized spacial score (nSPS) is 12.8. The first kappa shape index (κ1) is 19.5. The van der Waals surface area contributed by atoms with Crippen LogP contribution in [0, 0.1) is 0 Å². The number of hydrogen-bond acceptors (Lipinski definition) is 4. The van der Waals surface area contributed by atoms with Gasteiger partial charge in [-0.25, -0.2) is 4.98 Å². The van der Waals surface area contributed by atoms with Gasteiger partial charge in [-0.3, -0.25) is 14.2 Å². The summed E-state index contributed by atoms with van der Waals surface area (Å²) in [7, 11) is 0. The van der Waals surface area contributed by atoms with E-state index >= 15 is 0 Å². The number of carbonyl (C=O) groups is 1. The number of amides is 1. The first-order valence-corrected chi connectivity index (χ1v) is 9.18. The molecule has 1 amide bonds. The summed E-state index contributed by atoms with van der Waals surface area (Å²) in [5, 5.41) is 3.95. The van der Waals surface area contributed by atoms with Crippen LogP contribution >= 0.6 is 23.4 Å². The van der Waals surface area contributed by atoms with Crippen molar-refractivity contribution in [3.8, 4) is 0 Å². The van der Waals surface area contributed by atoms with Crippen molar-refractivity contribution in [3.05, 3.63) is 46.2 Å². The molecule has 0 saturated carbocycles. The number of rotatable bonds is 5. The van der Waals surface area contributed by atoms with Gasteiger partial charge < -0.3 is 5.32 Å². The van der Waals surface area contributed by atoms with E-state index in [1.54, 1.807) is 31.2 Å². The maximum atomic E-state index is 12.8. The van der Waals surface area contributed by atoms with Gasteiger partial charge in [-0.1, -0.05) is 29.4 Å². The lowest BCUT2D eigenvalue weighted by atomic mass is 10.1. The molecule has 5 nitrogen and oxygen atoms in total. The van der Waals surface area contributed by atoms with Crippen LogP contribution in [-0.2, 0) is 11.3 Å². The van der Waals surface area contributed by atoms with Crippen molar-refractivity contribution in [1.82, 2.24) is 14.9 Å². The molecule has 1 aromatic carbocycles. The molecular formula is C18H22ClN3O2S. The van der Waals surface area contributed by atoms with E-state index in [1.165, 1.54) is 16.3 Å². The first-order valence-electron chi connectivity index (χ1n) is 7.92. The van der Waals surface area contributed by atoms with Crippen LogP contribution in [0.3, 0.4) is 0 Å². The summed E-state index contributed by atoms with van der Waals surface area (Å²) in [6.45, 7) is 11.6. The average Bonchev–Trinajstić information content (AvgIpc) is 2.50. The number of carbonyl (C=O) groups excluding carboxylic acids is 1. The quantitative estimate of drug-likeness (QED) is 0.489. The van der Waals surface area contributed by atoms with Crippen LogP contribution in [0.4, 0.5) is 0 Å². The lowest BCUT2D eigenvalue weighted by Crippen LogP contribution is -2.44. The van der Waals surface area contributed by atoms with Gasteiger partial charge in [0, 0.05) is 17.1 Å². The van der Waals surface area contributed by atoms with E-state index < -0.39 is 5.25 Å². The zero-order valence-electron chi connectivity index (χ0n) is 14.8. The minimum atomic E-state index is -0.396. The number of thioether (sulfide) groups is 1. The Labute approximate surface area is 156 Å². The molecule has 0 aliphatic rings. The molecule has 0 aliphatic heterocycles. The third-order valence-electron chi connectivity index (χ3n) is 3.34. The molecule has 1 aromatic heterocycles. The van der Waals surface area contributed by atoms with Crippen molar-refractivity contribution in [2.45, 2.75) is 50.2 Å². The van der Waals surface area contributed by atoms with Crippen LogP contribution in [0.25, 0.3) is 10.9 Å². The van der Waals surface area contributed by atoms with Crippen molar-refractivity contribution in [2.24, 2.45) is 0 Å². The second-order valence-electron chi connectivity index (χ2n) is 6.76. The van der Waals surface area contributed by atoms with Gasteiger partial charge in [-0.15, -0.1) is 6.58 Å². The van der Waals surface area contributed by atoms with Gasteiger partial charge in [0.25, 0.3) is 5.56 Å². The Balaban J connectivity index is 2.44. The zero-order valence-corrected chi connectivity index (χ0v) is 16.4. The van der Waals surface area contributed by atoms with Gasteiger partial charge in [0.1, 0.15) is 0 Å². The Bertz CT molecular complexity index is 871. The van der Waals surface area contributed by atoms with Crippen LogP contribution in [0.15, 0.2) is 40.8 Å². The van der Waals surface area contributed by atoms with Crippen LogP contribution in [-0.4, -0.2) is 26.2 Å². The number of nitrogens with one attached hydrogen (secondary N) is 1. The third kappa shape index (κ3) is 4.86. The van der Waals surface area contributed by atoms with Gasteiger partial charge >= 0.3 is 0 Å². The van der Waals surface area contributed by atoms with E-state index in [4.69, 9.17) is 11.6 Å². The highest BCUT2D eigenvalue weighted by Crippen LogP contribution is 2.24. The Morgan fingerprint density at radius 1 is 1.48 bits per heavy atom. The number of aromatic nitrogens is 2. The molecule has 0 radical (unpaired) electrons. The summed E-state index contributed by atoms with van der Waals surface area (Å²) in [4.78, 5) is 29.7. The molecule has 2 aromatic rings. The molecule has 0 aliphatic carbocycles. The fourth-order valence-electron chi connectivity index (χ4n) is 2.24. The number of fused-ring (bicyclic) bond motifs is 1. The van der Waals surface area contributed by atoms with Crippen LogP contribution in [0.2, 0.25) is 5.02 Å². The van der Waals surface area contributed by atoms with E-state index in [9.17, 15) is 9.59 Å². The number of halogens is 1. The standard InChI is InChI=1S/C18H22ClN3O2S/c1-6-9-22-16(24)13-10-12(19)7-8-14(13)20-17(22)25-11(2)15(23)21-18(3,4)5/h6-8,10-11H,1,9H2,2-5H3,(H,21,23)/t11-/m0/s1. The largest absolute Gasteiger partial charge is 0.351 e. The zero-order chi connectivity index (χ0) is 18.8. The van der Waals surface area contributed by atoms with E-state index in [2.05, 4.69) is 16.9 Å². The minimum absolute atomic E-state index is 0.104. The fourth-order valence-corrected chi connectivity index (χ4v) is 3.33. The number of nitrogens with zero attached hydrogens (tertiary/aromatic N) is 2. The highest BCUT2D eigenvalue weighted by atomic mass is 35.5. The highest BCUT2D eigenvalue weighted by Gasteiger charge is 2.22. The molecule has 0 unspecified atom stereocenters. The van der Waals surface area contributed by atoms with Crippen LogP contribution < -0.4 is 10.9 Å². The van der Waals surface area contributed by atoms with Gasteiger partial charge in [0.15, 0.2) is 5.16 Å². The predicted octanol–water partition coefficient (Wildman–Crippen LogP) is 3.63. The van der Waals surface area contributed by atoms with Crippen molar-refractivity contribution in [2.75, 3.05) is 0 Å². The van der Waals surface area contributed by atoms with Crippen molar-refractivity contribution in [3.63, 3.8) is 0 Å². The van der Waals surface area contributed by atoms with Gasteiger partial charge in [-0.05, 0) is 45.9 Å². The topological polar surface area (TPSA) is 64.0 Å². The number of allylic oxidation sites excluding steroid dienone is 1. The fraction of sp³-hybridized carbons (Fsp3) is 0.389. The summed E-state index contributed by atoms with van der Waals surface area (Å²) >= 11 is 7.24. The Morgan fingerprint density at radius 2 is 2.16 bits per heavy atom. The van der Waals surface area contributed by atoms with E-state index in [0.717, 1.165) is 0 Å². The lowest BCUT2D eigenvalue weighted by Gasteiger charge is -2.23. The monoisotopic (exact) mass is 379 g/mol. The Hall–Kier alpha value is -1.79. The molecule has 25 heavy (non-hydrogen) atoms. The average molecular weight is 380 g/mol. The summed E-state index contributed by atoms with van der Waals surface area (Å²) in [5.41, 5.74) is 0.0410. The van der Waals surface area contributed by atoms with Crippen molar-refractivity contribution < 1.29 is 4.79 Å². The van der Waals surface area contributed by atoms with Crippen molar-refractivity contribution in [1.29, 1.82) is 0 Å². The molecule has 134 valence electrons. The molecule has 0 bridgehead atoms. The molecule has 1 N–H and O–H groups in total. The Morgan fingerprint density at radius 3 is 2.76 bits per heavy atom. The van der Waals surface area contributed by atoms with Crippen molar-refractivity contribution >= 4 is 40.2 Å². The molecule has 0 saturated heterocycles. The van der Waals surface area contributed by atoms with Crippen LogP contribution in [0.5, 0.6) is 0 Å². The maximum absolute atomic E-state index is 12.8. The SMILES string of the molecule is C=CCn1c(S[C@@H](C)C(=O)NC(C)(C)C)nc2ccc(Cl)cc2c1=O. The van der Waals surface area contributed by atoms with Gasteiger partial charge in [0.05, 0.1) is 16.2 Å². The molecule has 7 heteroatoms. The summed E-state index contributed by atoms with van der Waals surface area (Å²) in [6.07, 6.45) is 1.63. The molecule has 1 atom stereocenters. The molecule has 0 spiro atoms. The maximum Gasteiger partial charge on any atom is 0.262 e. The molecule has 2 rings (SSSR count). The molecule has 1 heterocycles. The third-order valence-corrected chi connectivity index (χ3v) is 4.67. The van der Waals surface area contributed by atoms with E-state index in [0.29, 0.717) is 27.6 Å². The van der Waals surface area contributed by atoms with E-state index in [-0.39, 0.29) is 17.0 Å². The highest BCUT2D eigenvalue weighted by molar-refractivity contribution is 8.00. The van der Waals surface area contributed by atoms with Gasteiger partial charge in [-0.2, -0.15) is 0 Å². The summed E-state index contributed by atoms with van der Waals surface area (Å²) in [6, 6.07) is 5.01. The predicted molar refractivity (Wildman–Crippen MR) is 104 cm³/mol. The summed E-state index contributed by atoms with van der Waals surface area (Å²) < 4.78 is 1.51. The van der Waals surface area contributed by atoms with E-state index in [1.807, 2.05) is 20.8 Å². The second kappa shape index (κ2) is 7.62. The first-order chi connectivity index (χ1) is 11.6. The molecule has 0 fully saturated rings. The van der Waals surface area contributed by atoms with Gasteiger partial charge in [0.2, 0.25) is 5.91 Å². The smallest absolute Gasteiger partial charge is 0.262 e. The lowest BCUT2D eigenvalue weighted by molar-refractivity contribution is -0.121. The van der Waals surface area contributed by atoms with Crippen LogP contribution in [0.1, 0.15) is 27.7 Å². The molecular weight excluding hydrogens is 358 g/mol. The summed E-state index contributed by atoms with van der Waals surface area (Å²) in [5.74, 6) is -0.104.